The minimum absolute atomic E-state index is 0.243. The van der Waals surface area contributed by atoms with Crippen LogP contribution in [0.5, 0.6) is 11.6 Å². The second-order valence-corrected chi connectivity index (χ2v) is 16.8. The molecule has 0 spiro atoms. The Labute approximate surface area is 280 Å². The standard InChI is InChI=1S/C38H39N6O3P/c1-38(2,3)33-24-35(44(43-33)28-17-15-27(16-18-28)25-48(4,5)46)42-37(45)40-31-19-20-32(30-14-10-9-13-29(30)31)47-36-21-22-39-34(41-36)23-26-11-7-6-8-12-26/h6-22,24H,23,25H2,1-5H3,(H2,40,42,45). The molecule has 6 aromatic rings. The van der Waals surface area contributed by atoms with Gasteiger partial charge in [0.25, 0.3) is 0 Å². The second kappa shape index (κ2) is 13.5. The van der Waals surface area contributed by atoms with Gasteiger partial charge in [0.15, 0.2) is 0 Å². The summed E-state index contributed by atoms with van der Waals surface area (Å²) in [5.74, 6) is 2.24. The fourth-order valence-corrected chi connectivity index (χ4v) is 6.46. The van der Waals surface area contributed by atoms with Gasteiger partial charge in [-0.3, -0.25) is 5.32 Å². The number of urea groups is 1. The minimum atomic E-state index is -2.21. The zero-order chi connectivity index (χ0) is 33.9. The monoisotopic (exact) mass is 658 g/mol. The number of ether oxygens (including phenoxy) is 1. The second-order valence-electron chi connectivity index (χ2n) is 13.3. The van der Waals surface area contributed by atoms with Crippen LogP contribution in [0.4, 0.5) is 16.3 Å². The quantitative estimate of drug-likeness (QED) is 0.150. The van der Waals surface area contributed by atoms with Gasteiger partial charge >= 0.3 is 6.03 Å². The van der Waals surface area contributed by atoms with Crippen molar-refractivity contribution in [3.63, 3.8) is 0 Å². The molecule has 2 amide bonds. The number of hydrogen-bond donors (Lipinski definition) is 2. The molecule has 0 saturated heterocycles. The summed E-state index contributed by atoms with van der Waals surface area (Å²) >= 11 is 0. The van der Waals surface area contributed by atoms with Crippen molar-refractivity contribution < 1.29 is 14.1 Å². The number of carbonyl (C=O) groups excluding carboxylic acids is 1. The van der Waals surface area contributed by atoms with Crippen molar-refractivity contribution in [3.8, 4) is 17.3 Å². The molecule has 10 heteroatoms. The third-order valence-electron chi connectivity index (χ3n) is 7.70. The zero-order valence-corrected chi connectivity index (χ0v) is 28.7. The Kier molecular flexibility index (Phi) is 9.16. The number of rotatable bonds is 9. The summed E-state index contributed by atoms with van der Waals surface area (Å²) in [6, 6.07) is 32.4. The normalized spacial score (nSPS) is 11.8. The molecule has 2 heterocycles. The van der Waals surface area contributed by atoms with Gasteiger partial charge in [-0.05, 0) is 48.7 Å². The Balaban J connectivity index is 1.23. The highest BCUT2D eigenvalue weighted by molar-refractivity contribution is 7.61. The van der Waals surface area contributed by atoms with Crippen LogP contribution in [0.3, 0.4) is 0 Å². The first-order valence-corrected chi connectivity index (χ1v) is 18.6. The molecule has 2 aromatic heterocycles. The van der Waals surface area contributed by atoms with E-state index in [-0.39, 0.29) is 5.41 Å². The van der Waals surface area contributed by atoms with Crippen LogP contribution in [-0.4, -0.2) is 39.1 Å². The van der Waals surface area contributed by atoms with E-state index in [1.165, 1.54) is 0 Å². The van der Waals surface area contributed by atoms with Crippen molar-refractivity contribution in [2.24, 2.45) is 0 Å². The molecule has 0 fully saturated rings. The Bertz CT molecular complexity index is 2120. The van der Waals surface area contributed by atoms with Crippen LogP contribution in [0, 0.1) is 0 Å². The van der Waals surface area contributed by atoms with Gasteiger partial charge in [-0.2, -0.15) is 10.1 Å². The van der Waals surface area contributed by atoms with Crippen molar-refractivity contribution in [3.05, 3.63) is 132 Å². The Morgan fingerprint density at radius 2 is 1.54 bits per heavy atom. The molecule has 244 valence electrons. The average molecular weight is 659 g/mol. The molecule has 4 aromatic carbocycles. The number of anilines is 2. The van der Waals surface area contributed by atoms with E-state index >= 15 is 0 Å². The third-order valence-corrected chi connectivity index (χ3v) is 8.82. The zero-order valence-electron chi connectivity index (χ0n) is 27.8. The van der Waals surface area contributed by atoms with Crippen LogP contribution < -0.4 is 15.4 Å². The van der Waals surface area contributed by atoms with Gasteiger partial charge in [0.05, 0.1) is 24.2 Å². The van der Waals surface area contributed by atoms with Gasteiger partial charge in [-0.1, -0.05) is 87.5 Å². The molecule has 6 rings (SSSR count). The Morgan fingerprint density at radius 3 is 2.25 bits per heavy atom. The number of amides is 2. The number of nitrogens with zero attached hydrogens (tertiary/aromatic N) is 4. The summed E-state index contributed by atoms with van der Waals surface area (Å²) in [4.78, 5) is 22.5. The molecule has 0 radical (unpaired) electrons. The van der Waals surface area contributed by atoms with E-state index in [9.17, 15) is 9.36 Å². The minimum Gasteiger partial charge on any atom is -0.438 e. The number of nitrogens with one attached hydrogen (secondary N) is 2. The topological polar surface area (TPSA) is 111 Å². The molecular formula is C38H39N6O3P. The predicted octanol–water partition coefficient (Wildman–Crippen LogP) is 9.26. The van der Waals surface area contributed by atoms with E-state index in [4.69, 9.17) is 9.84 Å². The summed E-state index contributed by atoms with van der Waals surface area (Å²) in [5, 5.41) is 12.5. The van der Waals surface area contributed by atoms with E-state index in [2.05, 4.69) is 41.4 Å². The SMILES string of the molecule is CC(C)(C)c1cc(NC(=O)Nc2ccc(Oc3ccnc(Cc4ccccc4)n3)c3ccccc23)n(-c2ccc(CP(C)(C)=O)cc2)n1. The first-order chi connectivity index (χ1) is 22.9. The summed E-state index contributed by atoms with van der Waals surface area (Å²) < 4.78 is 20.3. The van der Waals surface area contributed by atoms with E-state index < -0.39 is 13.2 Å². The highest BCUT2D eigenvalue weighted by atomic mass is 31.2. The van der Waals surface area contributed by atoms with Crippen molar-refractivity contribution in [2.45, 2.75) is 38.8 Å². The van der Waals surface area contributed by atoms with Crippen LogP contribution in [0.1, 0.15) is 43.4 Å². The maximum Gasteiger partial charge on any atom is 0.324 e. The molecule has 0 saturated carbocycles. The lowest BCUT2D eigenvalue weighted by Crippen LogP contribution is -2.21. The summed E-state index contributed by atoms with van der Waals surface area (Å²) in [6.07, 6.45) is 2.82. The van der Waals surface area contributed by atoms with Crippen molar-refractivity contribution >= 4 is 35.5 Å². The summed E-state index contributed by atoms with van der Waals surface area (Å²) in [5.41, 5.74) is 4.11. The lowest BCUT2D eigenvalue weighted by Gasteiger charge is -2.14. The lowest BCUT2D eigenvalue weighted by molar-refractivity contribution is 0.262. The van der Waals surface area contributed by atoms with Crippen LogP contribution in [0.15, 0.2) is 109 Å². The number of hydrogen-bond acceptors (Lipinski definition) is 6. The molecule has 0 atom stereocenters. The number of fused-ring (bicyclic) bond motifs is 1. The van der Waals surface area contributed by atoms with Gasteiger partial charge in [-0.25, -0.2) is 14.5 Å². The van der Waals surface area contributed by atoms with E-state index in [0.29, 0.717) is 41.5 Å². The molecular weight excluding hydrogens is 619 g/mol. The molecule has 0 aliphatic rings. The van der Waals surface area contributed by atoms with Gasteiger partial charge < -0.3 is 14.6 Å². The predicted molar refractivity (Wildman–Crippen MR) is 193 cm³/mol. The first kappa shape index (κ1) is 32.7. The third kappa shape index (κ3) is 7.99. The molecule has 9 nitrogen and oxygen atoms in total. The molecule has 0 aliphatic carbocycles. The van der Waals surface area contributed by atoms with Gasteiger partial charge in [0.2, 0.25) is 5.88 Å². The average Bonchev–Trinajstić information content (AvgIpc) is 3.47. The lowest BCUT2D eigenvalue weighted by atomic mass is 9.92. The highest BCUT2D eigenvalue weighted by Gasteiger charge is 2.22. The van der Waals surface area contributed by atoms with Crippen LogP contribution in [0.25, 0.3) is 16.5 Å². The Hall–Kier alpha value is -5.27. The van der Waals surface area contributed by atoms with Gasteiger partial charge in [-0.15, -0.1) is 0 Å². The fraction of sp³-hybridized carbons (Fsp3) is 0.211. The van der Waals surface area contributed by atoms with Gasteiger partial charge in [0, 0.05) is 47.1 Å². The largest absolute Gasteiger partial charge is 0.438 e. The van der Waals surface area contributed by atoms with Crippen molar-refractivity contribution in [1.29, 1.82) is 0 Å². The van der Waals surface area contributed by atoms with Crippen LogP contribution in [-0.2, 0) is 22.6 Å². The molecule has 2 N–H and O–H groups in total. The summed E-state index contributed by atoms with van der Waals surface area (Å²) in [7, 11) is -2.21. The van der Waals surface area contributed by atoms with Crippen molar-refractivity contribution in [1.82, 2.24) is 19.7 Å². The maximum absolute atomic E-state index is 13.5. The maximum atomic E-state index is 13.5. The van der Waals surface area contributed by atoms with Crippen LogP contribution >= 0.6 is 7.14 Å². The van der Waals surface area contributed by atoms with Gasteiger partial charge in [0.1, 0.15) is 17.4 Å². The van der Waals surface area contributed by atoms with Crippen LogP contribution in [0.2, 0.25) is 0 Å². The molecule has 48 heavy (non-hydrogen) atoms. The first-order valence-electron chi connectivity index (χ1n) is 15.8. The number of benzene rings is 4. The molecule has 0 bridgehead atoms. The molecule has 0 unspecified atom stereocenters. The number of carbonyl (C=O) groups is 1. The number of aromatic nitrogens is 4. The highest BCUT2D eigenvalue weighted by Crippen LogP contribution is 2.40. The van der Waals surface area contributed by atoms with E-state index in [1.54, 1.807) is 30.3 Å². The van der Waals surface area contributed by atoms with E-state index in [0.717, 1.165) is 33.3 Å². The van der Waals surface area contributed by atoms with Crippen molar-refractivity contribution in [2.75, 3.05) is 24.0 Å². The molecule has 0 aliphatic heterocycles. The Morgan fingerprint density at radius 1 is 0.833 bits per heavy atom. The smallest absolute Gasteiger partial charge is 0.324 e. The summed E-state index contributed by atoms with van der Waals surface area (Å²) in [6.45, 7) is 9.81. The van der Waals surface area contributed by atoms with E-state index in [1.807, 2.05) is 97.1 Å². The fourth-order valence-electron chi connectivity index (χ4n) is 5.37.